The Kier molecular flexibility index (Phi) is 6.04. The van der Waals surface area contributed by atoms with E-state index < -0.39 is 47.2 Å². The van der Waals surface area contributed by atoms with E-state index in [0.717, 1.165) is 36.4 Å². The molecule has 5 nitrogen and oxygen atoms in total. The van der Waals surface area contributed by atoms with Gasteiger partial charge in [-0.2, -0.15) is 0 Å². The third-order valence-corrected chi connectivity index (χ3v) is 4.29. The summed E-state index contributed by atoms with van der Waals surface area (Å²) in [4.78, 5) is 25.8. The maximum Gasteiger partial charge on any atom is 0.573 e. The number of carbonyl (C=O) groups excluding carboxylic acids is 2. The van der Waals surface area contributed by atoms with Crippen molar-refractivity contribution in [2.45, 2.75) is 18.8 Å². The summed E-state index contributed by atoms with van der Waals surface area (Å²) in [5.74, 6) is -3.44. The fraction of sp³-hybridized carbons (Fsp3) is 0.200. The van der Waals surface area contributed by atoms with E-state index in [1.165, 1.54) is 23.1 Å². The van der Waals surface area contributed by atoms with Crippen molar-refractivity contribution in [1.82, 2.24) is 5.32 Å². The number of rotatable bonds is 5. The Bertz CT molecular complexity index is 970. The average Bonchev–Trinajstić information content (AvgIpc) is 3.00. The molecule has 1 heterocycles. The summed E-state index contributed by atoms with van der Waals surface area (Å²) in [6.07, 6.45) is -2.81. The lowest BCUT2D eigenvalue weighted by Crippen LogP contribution is -2.40. The molecule has 0 spiro atoms. The molecular weight excluding hydrogens is 411 g/mol. The molecule has 2 amide bonds. The Labute approximate surface area is 167 Å². The van der Waals surface area contributed by atoms with Gasteiger partial charge >= 0.3 is 6.36 Å². The molecule has 0 aliphatic carbocycles. The largest absolute Gasteiger partial charge is 0.573 e. The molecule has 1 fully saturated rings. The molecule has 0 aromatic heterocycles. The first-order valence-electron chi connectivity index (χ1n) is 8.74. The van der Waals surface area contributed by atoms with Gasteiger partial charge in [0.1, 0.15) is 23.4 Å². The van der Waals surface area contributed by atoms with Crippen LogP contribution in [0.2, 0.25) is 0 Å². The van der Waals surface area contributed by atoms with Crippen molar-refractivity contribution < 1.29 is 36.3 Å². The first-order chi connectivity index (χ1) is 14.1. The van der Waals surface area contributed by atoms with E-state index in [-0.39, 0.29) is 18.7 Å². The van der Waals surface area contributed by atoms with Gasteiger partial charge in [0, 0.05) is 29.9 Å². The zero-order valence-corrected chi connectivity index (χ0v) is 15.2. The Morgan fingerprint density at radius 2 is 1.80 bits per heavy atom. The molecule has 10 heteroatoms. The summed E-state index contributed by atoms with van der Waals surface area (Å²) in [7, 11) is 0. The molecule has 1 saturated heterocycles. The van der Waals surface area contributed by atoms with Gasteiger partial charge in [-0.1, -0.05) is 12.1 Å². The van der Waals surface area contributed by atoms with Gasteiger partial charge in [-0.15, -0.1) is 13.2 Å². The Hall–Kier alpha value is -3.43. The quantitative estimate of drug-likeness (QED) is 0.585. The number of nitrogens with zero attached hydrogens (tertiary/aromatic N) is 1. The SMILES string of the molecule is O=C(/C=C/c1c(F)cccc1F)NC1CCN(c2cccc(OC(F)(F)F)c2)C1=O. The number of hydrogen-bond acceptors (Lipinski definition) is 3. The standard InChI is InChI=1S/C20H15F5N2O3/c21-15-5-2-6-16(22)14(15)7-8-18(28)26-17-9-10-27(19(17)29)12-3-1-4-13(11-12)30-20(23,24)25/h1-8,11,17H,9-10H2,(H,26,28)/b8-7+. The van der Waals surface area contributed by atoms with Gasteiger partial charge in [-0.3, -0.25) is 9.59 Å². The van der Waals surface area contributed by atoms with Crippen LogP contribution in [0.4, 0.5) is 27.6 Å². The summed E-state index contributed by atoms with van der Waals surface area (Å²) in [6, 6.07) is 7.24. The lowest BCUT2D eigenvalue weighted by atomic mass is 10.2. The molecule has 0 radical (unpaired) electrons. The van der Waals surface area contributed by atoms with Gasteiger partial charge in [0.2, 0.25) is 11.8 Å². The molecule has 0 saturated carbocycles. The van der Waals surface area contributed by atoms with E-state index >= 15 is 0 Å². The van der Waals surface area contributed by atoms with Crippen LogP contribution in [0.5, 0.6) is 5.75 Å². The van der Waals surface area contributed by atoms with Crippen molar-refractivity contribution in [2.75, 3.05) is 11.4 Å². The molecular formula is C20H15F5N2O3. The Morgan fingerprint density at radius 1 is 1.13 bits per heavy atom. The molecule has 30 heavy (non-hydrogen) atoms. The third kappa shape index (κ3) is 5.13. The normalized spacial score (nSPS) is 16.9. The van der Waals surface area contributed by atoms with Crippen LogP contribution < -0.4 is 15.0 Å². The fourth-order valence-electron chi connectivity index (χ4n) is 2.97. The maximum atomic E-state index is 13.6. The van der Waals surface area contributed by atoms with E-state index in [2.05, 4.69) is 10.1 Å². The number of ether oxygens (including phenoxy) is 1. The zero-order valence-electron chi connectivity index (χ0n) is 15.2. The van der Waals surface area contributed by atoms with Gasteiger partial charge in [0.15, 0.2) is 0 Å². The Morgan fingerprint density at radius 3 is 2.47 bits per heavy atom. The van der Waals surface area contributed by atoms with E-state index in [0.29, 0.717) is 0 Å². The maximum absolute atomic E-state index is 13.6. The molecule has 1 aliphatic heterocycles. The lowest BCUT2D eigenvalue weighted by molar-refractivity contribution is -0.274. The van der Waals surface area contributed by atoms with Crippen LogP contribution in [0.25, 0.3) is 6.08 Å². The van der Waals surface area contributed by atoms with Crippen LogP contribution in [0.3, 0.4) is 0 Å². The summed E-state index contributed by atoms with van der Waals surface area (Å²) in [6.45, 7) is 0.158. The van der Waals surface area contributed by atoms with Gasteiger partial charge in [0.25, 0.3) is 0 Å². The zero-order chi connectivity index (χ0) is 21.9. The smallest absolute Gasteiger partial charge is 0.406 e. The van der Waals surface area contributed by atoms with Crippen LogP contribution in [-0.2, 0) is 9.59 Å². The number of anilines is 1. The first kappa shape index (κ1) is 21.3. The second-order valence-corrected chi connectivity index (χ2v) is 6.35. The number of alkyl halides is 3. The monoisotopic (exact) mass is 426 g/mol. The van der Waals surface area contributed by atoms with Crippen molar-refractivity contribution in [2.24, 2.45) is 0 Å². The Balaban J connectivity index is 1.65. The fourth-order valence-corrected chi connectivity index (χ4v) is 2.97. The highest BCUT2D eigenvalue weighted by atomic mass is 19.4. The van der Waals surface area contributed by atoms with Gasteiger partial charge in [0.05, 0.1) is 0 Å². The van der Waals surface area contributed by atoms with Gasteiger partial charge in [-0.25, -0.2) is 8.78 Å². The number of nitrogens with one attached hydrogen (secondary N) is 1. The molecule has 1 unspecified atom stereocenters. The highest BCUT2D eigenvalue weighted by Gasteiger charge is 2.34. The highest BCUT2D eigenvalue weighted by molar-refractivity contribution is 6.03. The third-order valence-electron chi connectivity index (χ3n) is 4.29. The van der Waals surface area contributed by atoms with E-state index in [1.54, 1.807) is 0 Å². The molecule has 1 aliphatic rings. The van der Waals surface area contributed by atoms with Crippen LogP contribution in [0.15, 0.2) is 48.5 Å². The predicted molar refractivity (Wildman–Crippen MR) is 97.4 cm³/mol. The van der Waals surface area contributed by atoms with E-state index in [4.69, 9.17) is 0 Å². The van der Waals surface area contributed by atoms with Crippen LogP contribution in [0, 0.1) is 11.6 Å². The molecule has 0 bridgehead atoms. The summed E-state index contributed by atoms with van der Waals surface area (Å²) >= 11 is 0. The summed E-state index contributed by atoms with van der Waals surface area (Å²) in [5.41, 5.74) is -0.212. The minimum atomic E-state index is -4.87. The van der Waals surface area contributed by atoms with Crippen LogP contribution in [0.1, 0.15) is 12.0 Å². The number of amides is 2. The second-order valence-electron chi connectivity index (χ2n) is 6.35. The number of carbonyl (C=O) groups is 2. The van der Waals surface area contributed by atoms with Crippen LogP contribution >= 0.6 is 0 Å². The summed E-state index contributed by atoms with van der Waals surface area (Å²) in [5, 5.41) is 2.42. The molecule has 2 aromatic carbocycles. The first-order valence-corrected chi connectivity index (χ1v) is 8.74. The minimum Gasteiger partial charge on any atom is -0.406 e. The van der Waals surface area contributed by atoms with Crippen molar-refractivity contribution in [1.29, 1.82) is 0 Å². The minimum absolute atomic E-state index is 0.158. The second kappa shape index (κ2) is 8.52. The molecule has 2 aromatic rings. The number of halogens is 5. The topological polar surface area (TPSA) is 58.6 Å². The van der Waals surface area contributed by atoms with Crippen LogP contribution in [-0.4, -0.2) is 30.8 Å². The van der Waals surface area contributed by atoms with Gasteiger partial charge in [-0.05, 0) is 36.8 Å². The lowest BCUT2D eigenvalue weighted by Gasteiger charge is -2.18. The highest BCUT2D eigenvalue weighted by Crippen LogP contribution is 2.29. The van der Waals surface area contributed by atoms with Crippen molar-refractivity contribution in [3.63, 3.8) is 0 Å². The van der Waals surface area contributed by atoms with Crippen molar-refractivity contribution >= 4 is 23.6 Å². The molecule has 3 rings (SSSR count). The molecule has 1 atom stereocenters. The number of benzene rings is 2. The number of hydrogen-bond donors (Lipinski definition) is 1. The van der Waals surface area contributed by atoms with E-state index in [1.807, 2.05) is 0 Å². The van der Waals surface area contributed by atoms with Gasteiger partial charge < -0.3 is 15.0 Å². The van der Waals surface area contributed by atoms with E-state index in [9.17, 15) is 31.5 Å². The average molecular weight is 426 g/mol. The summed E-state index contributed by atoms with van der Waals surface area (Å²) < 4.78 is 68.1. The predicted octanol–water partition coefficient (Wildman–Crippen LogP) is 3.80. The molecule has 1 N–H and O–H groups in total. The van der Waals surface area contributed by atoms with Crippen molar-refractivity contribution in [3.8, 4) is 5.75 Å². The van der Waals surface area contributed by atoms with Crippen molar-refractivity contribution in [3.05, 3.63) is 65.7 Å². The molecule has 158 valence electrons.